The second-order valence-electron chi connectivity index (χ2n) is 9.43. The summed E-state index contributed by atoms with van der Waals surface area (Å²) < 4.78 is 5.24. The summed E-state index contributed by atoms with van der Waals surface area (Å²) in [7, 11) is 1.67. The van der Waals surface area contributed by atoms with Crippen LogP contribution in [-0.4, -0.2) is 74.5 Å². The fourth-order valence-corrected chi connectivity index (χ4v) is 4.92. The van der Waals surface area contributed by atoms with Gasteiger partial charge in [-0.05, 0) is 75.7 Å². The number of carbonyl (C=O) groups is 2. The second-order valence-corrected chi connectivity index (χ2v) is 9.43. The van der Waals surface area contributed by atoms with Crippen LogP contribution in [0.3, 0.4) is 0 Å². The third kappa shape index (κ3) is 5.89. The SMILES string of the molecule is COc1ccc(N2CCN(C(=O)C3CCN(CC(=O)Nc4ccc(C)cc4C)CC3)CC2)cc1. The zero-order valence-electron chi connectivity index (χ0n) is 20.5. The molecular formula is C27H36N4O3. The topological polar surface area (TPSA) is 65.1 Å². The molecule has 0 aromatic heterocycles. The van der Waals surface area contributed by atoms with E-state index in [1.807, 2.05) is 43.0 Å². The quantitative estimate of drug-likeness (QED) is 0.711. The van der Waals surface area contributed by atoms with E-state index in [2.05, 4.69) is 33.3 Å². The molecule has 2 aromatic rings. The number of methoxy groups -OCH3 is 1. The molecule has 34 heavy (non-hydrogen) atoms. The van der Waals surface area contributed by atoms with E-state index < -0.39 is 0 Å². The number of benzene rings is 2. The lowest BCUT2D eigenvalue weighted by atomic mass is 9.95. The van der Waals surface area contributed by atoms with Crippen LogP contribution in [0, 0.1) is 19.8 Å². The maximum absolute atomic E-state index is 13.1. The summed E-state index contributed by atoms with van der Waals surface area (Å²) >= 11 is 0. The zero-order chi connectivity index (χ0) is 24.1. The summed E-state index contributed by atoms with van der Waals surface area (Å²) in [6, 6.07) is 14.1. The number of rotatable bonds is 6. The molecular weight excluding hydrogens is 428 g/mol. The first kappa shape index (κ1) is 24.1. The lowest BCUT2D eigenvalue weighted by Gasteiger charge is -2.39. The van der Waals surface area contributed by atoms with Crippen molar-refractivity contribution in [2.45, 2.75) is 26.7 Å². The predicted octanol–water partition coefficient (Wildman–Crippen LogP) is 3.31. The average Bonchev–Trinajstić information content (AvgIpc) is 2.86. The Morgan fingerprint density at radius 3 is 2.24 bits per heavy atom. The summed E-state index contributed by atoms with van der Waals surface area (Å²) in [5.74, 6) is 1.19. The number of nitrogens with one attached hydrogen (secondary N) is 1. The van der Waals surface area contributed by atoms with Crippen molar-refractivity contribution in [3.63, 3.8) is 0 Å². The molecule has 2 aliphatic heterocycles. The van der Waals surface area contributed by atoms with Crippen LogP contribution >= 0.6 is 0 Å². The molecule has 1 N–H and O–H groups in total. The predicted molar refractivity (Wildman–Crippen MR) is 135 cm³/mol. The Kier molecular flexibility index (Phi) is 7.73. The summed E-state index contributed by atoms with van der Waals surface area (Å²) in [5, 5.41) is 3.03. The number of ether oxygens (including phenoxy) is 1. The first-order valence-corrected chi connectivity index (χ1v) is 12.2. The molecule has 182 valence electrons. The Labute approximate surface area is 202 Å². The summed E-state index contributed by atoms with van der Waals surface area (Å²) in [5.41, 5.74) is 4.30. The van der Waals surface area contributed by atoms with E-state index in [4.69, 9.17) is 4.74 Å². The van der Waals surface area contributed by atoms with Crippen molar-refractivity contribution >= 4 is 23.2 Å². The molecule has 2 fully saturated rings. The molecule has 0 atom stereocenters. The molecule has 2 heterocycles. The molecule has 4 rings (SSSR count). The summed E-state index contributed by atoms with van der Waals surface area (Å²) in [6.07, 6.45) is 1.63. The largest absolute Gasteiger partial charge is 0.497 e. The minimum absolute atomic E-state index is 0.00591. The van der Waals surface area contributed by atoms with Crippen LogP contribution in [0.2, 0.25) is 0 Å². The molecule has 2 saturated heterocycles. The van der Waals surface area contributed by atoms with Gasteiger partial charge in [-0.3, -0.25) is 14.5 Å². The Morgan fingerprint density at radius 1 is 0.941 bits per heavy atom. The van der Waals surface area contributed by atoms with E-state index >= 15 is 0 Å². The normalized spacial score (nSPS) is 17.5. The number of carbonyl (C=O) groups excluding carboxylic acids is 2. The van der Waals surface area contributed by atoms with Crippen LogP contribution in [0.15, 0.2) is 42.5 Å². The molecule has 0 radical (unpaired) electrons. The minimum atomic E-state index is 0.00591. The molecule has 0 spiro atoms. The molecule has 0 aliphatic carbocycles. The average molecular weight is 465 g/mol. The van der Waals surface area contributed by atoms with E-state index in [9.17, 15) is 9.59 Å². The molecule has 2 aromatic carbocycles. The van der Waals surface area contributed by atoms with Crippen molar-refractivity contribution in [1.29, 1.82) is 0 Å². The van der Waals surface area contributed by atoms with Gasteiger partial charge in [-0.1, -0.05) is 17.7 Å². The molecule has 2 aliphatic rings. The highest BCUT2D eigenvalue weighted by molar-refractivity contribution is 5.93. The van der Waals surface area contributed by atoms with Crippen LogP contribution in [0.5, 0.6) is 5.75 Å². The highest BCUT2D eigenvalue weighted by atomic mass is 16.5. The van der Waals surface area contributed by atoms with E-state index in [1.165, 1.54) is 11.3 Å². The number of piperazine rings is 1. The van der Waals surface area contributed by atoms with Gasteiger partial charge in [0.1, 0.15) is 5.75 Å². The first-order chi connectivity index (χ1) is 16.4. The van der Waals surface area contributed by atoms with Crippen LogP contribution in [0.25, 0.3) is 0 Å². The number of nitrogens with zero attached hydrogens (tertiary/aromatic N) is 3. The Morgan fingerprint density at radius 2 is 1.62 bits per heavy atom. The van der Waals surface area contributed by atoms with Gasteiger partial charge in [0.25, 0.3) is 0 Å². The van der Waals surface area contributed by atoms with E-state index in [0.29, 0.717) is 6.54 Å². The Bertz CT molecular complexity index is 991. The summed E-state index contributed by atoms with van der Waals surface area (Å²) in [6.45, 7) is 9.18. The van der Waals surface area contributed by atoms with Gasteiger partial charge in [-0.15, -0.1) is 0 Å². The van der Waals surface area contributed by atoms with Gasteiger partial charge in [0, 0.05) is 43.5 Å². The van der Waals surface area contributed by atoms with Crippen molar-refractivity contribution in [3.05, 3.63) is 53.6 Å². The van der Waals surface area contributed by atoms with Gasteiger partial charge in [0.2, 0.25) is 11.8 Å². The maximum atomic E-state index is 13.1. The van der Waals surface area contributed by atoms with E-state index in [0.717, 1.165) is 69.1 Å². The lowest BCUT2D eigenvalue weighted by molar-refractivity contribution is -0.137. The number of aryl methyl sites for hydroxylation is 2. The second kappa shape index (κ2) is 10.9. The maximum Gasteiger partial charge on any atom is 0.238 e. The molecule has 0 bridgehead atoms. The molecule has 7 nitrogen and oxygen atoms in total. The zero-order valence-corrected chi connectivity index (χ0v) is 20.5. The standard InChI is InChI=1S/C27H36N4O3/c1-20-4-9-25(21(2)18-20)28-26(32)19-29-12-10-22(11-13-29)27(33)31-16-14-30(15-17-31)23-5-7-24(34-3)8-6-23/h4-9,18,22H,10-17,19H2,1-3H3,(H,28,32). The van der Waals surface area contributed by atoms with Crippen molar-refractivity contribution in [3.8, 4) is 5.75 Å². The smallest absolute Gasteiger partial charge is 0.238 e. The highest BCUT2D eigenvalue weighted by Gasteiger charge is 2.31. The lowest BCUT2D eigenvalue weighted by Crippen LogP contribution is -2.52. The fourth-order valence-electron chi connectivity index (χ4n) is 4.92. The Hall–Kier alpha value is -3.06. The van der Waals surface area contributed by atoms with Crippen molar-refractivity contribution < 1.29 is 14.3 Å². The minimum Gasteiger partial charge on any atom is -0.497 e. The molecule has 2 amide bonds. The fraction of sp³-hybridized carbons (Fsp3) is 0.481. The first-order valence-electron chi connectivity index (χ1n) is 12.2. The number of hydrogen-bond acceptors (Lipinski definition) is 5. The van der Waals surface area contributed by atoms with Crippen LogP contribution in [0.1, 0.15) is 24.0 Å². The van der Waals surface area contributed by atoms with Gasteiger partial charge in [-0.25, -0.2) is 0 Å². The molecule has 0 saturated carbocycles. The van der Waals surface area contributed by atoms with Gasteiger partial charge < -0.3 is 19.9 Å². The van der Waals surface area contributed by atoms with Crippen LogP contribution in [-0.2, 0) is 9.59 Å². The molecule has 7 heteroatoms. The van der Waals surface area contributed by atoms with Crippen molar-refractivity contribution in [2.75, 3.05) is 63.1 Å². The highest BCUT2D eigenvalue weighted by Crippen LogP contribution is 2.24. The van der Waals surface area contributed by atoms with Crippen molar-refractivity contribution in [1.82, 2.24) is 9.80 Å². The van der Waals surface area contributed by atoms with Gasteiger partial charge in [0.05, 0.1) is 13.7 Å². The van der Waals surface area contributed by atoms with Gasteiger partial charge in [-0.2, -0.15) is 0 Å². The monoisotopic (exact) mass is 464 g/mol. The van der Waals surface area contributed by atoms with Crippen LogP contribution < -0.4 is 15.0 Å². The number of likely N-dealkylation sites (tertiary alicyclic amines) is 1. The number of piperidine rings is 1. The van der Waals surface area contributed by atoms with Crippen LogP contribution in [0.4, 0.5) is 11.4 Å². The summed E-state index contributed by atoms with van der Waals surface area (Å²) in [4.78, 5) is 32.1. The van der Waals surface area contributed by atoms with E-state index in [1.54, 1.807) is 7.11 Å². The third-order valence-electron chi connectivity index (χ3n) is 6.99. The number of anilines is 2. The third-order valence-corrected chi connectivity index (χ3v) is 6.99. The Balaban J connectivity index is 1.20. The van der Waals surface area contributed by atoms with E-state index in [-0.39, 0.29) is 17.7 Å². The van der Waals surface area contributed by atoms with Crippen molar-refractivity contribution in [2.24, 2.45) is 5.92 Å². The number of amides is 2. The molecule has 0 unspecified atom stereocenters. The number of hydrogen-bond donors (Lipinski definition) is 1. The van der Waals surface area contributed by atoms with Gasteiger partial charge >= 0.3 is 0 Å². The van der Waals surface area contributed by atoms with Gasteiger partial charge in [0.15, 0.2) is 0 Å².